The largest absolute Gasteiger partial charge is 0.384 e. The standard InChI is InChI=1S/C12H21N3/c1-5-9-10(14-15(4)11(9)13)8-6-12(2,3)7-8/h8H,5-7,13H2,1-4H3. The molecule has 0 saturated heterocycles. The summed E-state index contributed by atoms with van der Waals surface area (Å²) >= 11 is 0. The zero-order valence-corrected chi connectivity index (χ0v) is 10.2. The molecule has 3 heteroatoms. The second kappa shape index (κ2) is 3.26. The van der Waals surface area contributed by atoms with Crippen molar-refractivity contribution >= 4 is 5.82 Å². The summed E-state index contributed by atoms with van der Waals surface area (Å²) in [6, 6.07) is 0. The lowest BCUT2D eigenvalue weighted by molar-refractivity contribution is 0.147. The van der Waals surface area contributed by atoms with Crippen molar-refractivity contribution in [1.82, 2.24) is 9.78 Å². The van der Waals surface area contributed by atoms with Gasteiger partial charge in [-0.3, -0.25) is 4.68 Å². The Balaban J connectivity index is 2.26. The predicted octanol–water partition coefficient (Wildman–Crippen LogP) is 2.47. The third kappa shape index (κ3) is 1.64. The van der Waals surface area contributed by atoms with Gasteiger partial charge in [-0.2, -0.15) is 5.10 Å². The summed E-state index contributed by atoms with van der Waals surface area (Å²) in [6.07, 6.45) is 3.48. The molecular formula is C12H21N3. The van der Waals surface area contributed by atoms with E-state index in [0.29, 0.717) is 11.3 Å². The van der Waals surface area contributed by atoms with E-state index in [1.54, 1.807) is 0 Å². The number of rotatable bonds is 2. The van der Waals surface area contributed by atoms with Gasteiger partial charge in [-0.15, -0.1) is 0 Å². The third-order valence-corrected chi connectivity index (χ3v) is 3.56. The summed E-state index contributed by atoms with van der Waals surface area (Å²) in [5.74, 6) is 1.48. The fourth-order valence-corrected chi connectivity index (χ4v) is 2.76. The quantitative estimate of drug-likeness (QED) is 0.809. The molecule has 0 spiro atoms. The zero-order valence-electron chi connectivity index (χ0n) is 10.2. The van der Waals surface area contributed by atoms with E-state index in [1.807, 2.05) is 11.7 Å². The molecule has 0 radical (unpaired) electrons. The van der Waals surface area contributed by atoms with Crippen LogP contribution in [0.1, 0.15) is 50.8 Å². The number of hydrogen-bond donors (Lipinski definition) is 1. The summed E-state index contributed by atoms with van der Waals surface area (Å²) in [7, 11) is 1.93. The van der Waals surface area contributed by atoms with E-state index >= 15 is 0 Å². The van der Waals surface area contributed by atoms with Gasteiger partial charge in [0.1, 0.15) is 5.82 Å². The van der Waals surface area contributed by atoms with Crippen LogP contribution in [0.25, 0.3) is 0 Å². The van der Waals surface area contributed by atoms with Crippen molar-refractivity contribution in [3.05, 3.63) is 11.3 Å². The van der Waals surface area contributed by atoms with E-state index in [0.717, 1.165) is 12.2 Å². The van der Waals surface area contributed by atoms with Gasteiger partial charge < -0.3 is 5.73 Å². The molecule has 3 nitrogen and oxygen atoms in total. The van der Waals surface area contributed by atoms with Crippen molar-refractivity contribution in [2.24, 2.45) is 12.5 Å². The molecule has 1 heterocycles. The minimum Gasteiger partial charge on any atom is -0.384 e. The Morgan fingerprint density at radius 3 is 2.53 bits per heavy atom. The number of hydrogen-bond acceptors (Lipinski definition) is 2. The first-order valence-electron chi connectivity index (χ1n) is 5.76. The molecule has 1 fully saturated rings. The molecule has 1 aliphatic carbocycles. The Morgan fingerprint density at radius 1 is 1.47 bits per heavy atom. The second-order valence-corrected chi connectivity index (χ2v) is 5.50. The van der Waals surface area contributed by atoms with Crippen LogP contribution in [0, 0.1) is 5.41 Å². The Kier molecular flexibility index (Phi) is 2.28. The smallest absolute Gasteiger partial charge is 0.124 e. The van der Waals surface area contributed by atoms with E-state index in [4.69, 9.17) is 5.73 Å². The monoisotopic (exact) mass is 207 g/mol. The first-order valence-corrected chi connectivity index (χ1v) is 5.76. The molecule has 2 rings (SSSR count). The first kappa shape index (κ1) is 10.5. The average molecular weight is 207 g/mol. The molecule has 2 N–H and O–H groups in total. The van der Waals surface area contributed by atoms with Crippen molar-refractivity contribution in [1.29, 1.82) is 0 Å². The van der Waals surface area contributed by atoms with Crippen molar-refractivity contribution < 1.29 is 0 Å². The van der Waals surface area contributed by atoms with Crippen LogP contribution in [0.2, 0.25) is 0 Å². The van der Waals surface area contributed by atoms with Crippen LogP contribution in [0.5, 0.6) is 0 Å². The van der Waals surface area contributed by atoms with Crippen LogP contribution in [-0.4, -0.2) is 9.78 Å². The number of aromatic nitrogens is 2. The SMILES string of the molecule is CCc1c(C2CC(C)(C)C2)nn(C)c1N. The average Bonchev–Trinajstić information content (AvgIpc) is 2.39. The van der Waals surface area contributed by atoms with E-state index in [2.05, 4.69) is 25.9 Å². The maximum atomic E-state index is 6.00. The molecule has 0 aromatic carbocycles. The van der Waals surface area contributed by atoms with Gasteiger partial charge in [-0.1, -0.05) is 20.8 Å². The van der Waals surface area contributed by atoms with E-state index in [-0.39, 0.29) is 0 Å². The lowest BCUT2D eigenvalue weighted by Gasteiger charge is -2.42. The molecule has 1 aromatic heterocycles. The maximum absolute atomic E-state index is 6.00. The summed E-state index contributed by atoms with van der Waals surface area (Å²) in [5, 5.41) is 4.56. The van der Waals surface area contributed by atoms with Crippen LogP contribution in [0.4, 0.5) is 5.82 Å². The molecule has 0 atom stereocenters. The fraction of sp³-hybridized carbons (Fsp3) is 0.750. The van der Waals surface area contributed by atoms with Crippen molar-refractivity contribution in [2.75, 3.05) is 5.73 Å². The van der Waals surface area contributed by atoms with Crippen LogP contribution in [0.3, 0.4) is 0 Å². The third-order valence-electron chi connectivity index (χ3n) is 3.56. The second-order valence-electron chi connectivity index (χ2n) is 5.50. The summed E-state index contributed by atoms with van der Waals surface area (Å²) < 4.78 is 1.82. The summed E-state index contributed by atoms with van der Waals surface area (Å²) in [5.41, 5.74) is 9.01. The Morgan fingerprint density at radius 2 is 2.07 bits per heavy atom. The molecule has 1 aliphatic rings. The number of nitrogens with zero attached hydrogens (tertiary/aromatic N) is 2. The Bertz CT molecular complexity index is 368. The lowest BCUT2D eigenvalue weighted by Crippen LogP contribution is -2.30. The van der Waals surface area contributed by atoms with Crippen molar-refractivity contribution in [3.8, 4) is 0 Å². The van der Waals surface area contributed by atoms with Crippen LogP contribution < -0.4 is 5.73 Å². The molecule has 0 unspecified atom stereocenters. The van der Waals surface area contributed by atoms with Crippen LogP contribution in [-0.2, 0) is 13.5 Å². The molecular weight excluding hydrogens is 186 g/mol. The van der Waals surface area contributed by atoms with Gasteiger partial charge >= 0.3 is 0 Å². The van der Waals surface area contributed by atoms with E-state index < -0.39 is 0 Å². The highest BCUT2D eigenvalue weighted by Gasteiger charge is 2.39. The molecule has 1 saturated carbocycles. The highest BCUT2D eigenvalue weighted by Crippen LogP contribution is 2.51. The van der Waals surface area contributed by atoms with Gasteiger partial charge in [0.25, 0.3) is 0 Å². The number of nitrogens with two attached hydrogens (primary N) is 1. The summed E-state index contributed by atoms with van der Waals surface area (Å²) in [4.78, 5) is 0. The number of aryl methyl sites for hydroxylation is 1. The highest BCUT2D eigenvalue weighted by molar-refractivity contribution is 5.45. The molecule has 1 aromatic rings. The van der Waals surface area contributed by atoms with E-state index in [9.17, 15) is 0 Å². The number of nitrogen functional groups attached to an aromatic ring is 1. The molecule has 15 heavy (non-hydrogen) atoms. The Hall–Kier alpha value is -0.990. The van der Waals surface area contributed by atoms with Gasteiger partial charge in [0, 0.05) is 18.5 Å². The van der Waals surface area contributed by atoms with Gasteiger partial charge in [0.05, 0.1) is 5.69 Å². The predicted molar refractivity (Wildman–Crippen MR) is 62.8 cm³/mol. The van der Waals surface area contributed by atoms with Crippen LogP contribution in [0.15, 0.2) is 0 Å². The minimum absolute atomic E-state index is 0.502. The molecule has 0 amide bonds. The molecule has 0 bridgehead atoms. The zero-order chi connectivity index (χ0) is 11.2. The number of anilines is 1. The van der Waals surface area contributed by atoms with Gasteiger partial charge in [-0.25, -0.2) is 0 Å². The van der Waals surface area contributed by atoms with Crippen LogP contribution >= 0.6 is 0 Å². The van der Waals surface area contributed by atoms with Crippen molar-refractivity contribution in [2.45, 2.75) is 46.0 Å². The maximum Gasteiger partial charge on any atom is 0.124 e. The topological polar surface area (TPSA) is 43.8 Å². The van der Waals surface area contributed by atoms with Gasteiger partial charge in [-0.05, 0) is 24.7 Å². The fourth-order valence-electron chi connectivity index (χ4n) is 2.76. The van der Waals surface area contributed by atoms with Gasteiger partial charge in [0.2, 0.25) is 0 Å². The lowest BCUT2D eigenvalue weighted by atomic mass is 9.63. The summed E-state index contributed by atoms with van der Waals surface area (Å²) in [6.45, 7) is 6.80. The normalized spacial score (nSPS) is 20.3. The molecule has 0 aliphatic heterocycles. The van der Waals surface area contributed by atoms with Crippen molar-refractivity contribution in [3.63, 3.8) is 0 Å². The molecule has 84 valence electrons. The minimum atomic E-state index is 0.502. The van der Waals surface area contributed by atoms with E-state index in [1.165, 1.54) is 24.1 Å². The Labute approximate surface area is 91.7 Å². The highest BCUT2D eigenvalue weighted by atomic mass is 15.3. The van der Waals surface area contributed by atoms with Gasteiger partial charge in [0.15, 0.2) is 0 Å². The first-order chi connectivity index (χ1) is 6.94.